The molecule has 27 heavy (non-hydrogen) atoms. The minimum absolute atomic E-state index is 1.03. The van der Waals surface area contributed by atoms with Crippen LogP contribution in [0.25, 0.3) is 21.5 Å². The predicted molar refractivity (Wildman–Crippen MR) is 117 cm³/mol. The lowest BCUT2D eigenvalue weighted by molar-refractivity contribution is 1.13. The first kappa shape index (κ1) is 17.0. The third-order valence-corrected chi connectivity index (χ3v) is 4.68. The quantitative estimate of drug-likeness (QED) is 0.271. The molecule has 4 aromatic carbocycles. The van der Waals surface area contributed by atoms with Crippen molar-refractivity contribution >= 4 is 39.7 Å². The van der Waals surface area contributed by atoms with Crippen molar-refractivity contribution in [3.05, 3.63) is 90.0 Å². The summed E-state index contributed by atoms with van der Waals surface area (Å²) in [6, 6.07) is 27.2. The summed E-state index contributed by atoms with van der Waals surface area (Å²) >= 11 is 0. The van der Waals surface area contributed by atoms with Gasteiger partial charge >= 0.3 is 0 Å². The molecule has 0 aliphatic carbocycles. The first-order valence-electron chi connectivity index (χ1n) is 8.97. The summed E-state index contributed by atoms with van der Waals surface area (Å²) in [6.45, 7) is 0. The highest BCUT2D eigenvalue weighted by molar-refractivity contribution is 6.13. The van der Waals surface area contributed by atoms with Gasteiger partial charge in [0.1, 0.15) is 0 Å². The van der Waals surface area contributed by atoms with Crippen LogP contribution in [-0.4, -0.2) is 26.5 Å². The summed E-state index contributed by atoms with van der Waals surface area (Å²) < 4.78 is 0. The molecule has 0 spiro atoms. The zero-order valence-corrected chi connectivity index (χ0v) is 15.5. The van der Waals surface area contributed by atoms with Gasteiger partial charge in [-0.1, -0.05) is 60.7 Å². The van der Waals surface area contributed by atoms with Crippen LogP contribution in [0.5, 0.6) is 0 Å². The van der Waals surface area contributed by atoms with Gasteiger partial charge in [0.15, 0.2) is 0 Å². The van der Waals surface area contributed by atoms with Gasteiger partial charge in [-0.25, -0.2) is 0 Å². The maximum atomic E-state index is 4.33. The number of nitrogens with zero attached hydrogens (tertiary/aromatic N) is 3. The molecule has 0 saturated heterocycles. The smallest absolute Gasteiger partial charge is 0.0580 e. The Morgan fingerprint density at radius 3 is 1.81 bits per heavy atom. The molecule has 0 amide bonds. The first-order valence-corrected chi connectivity index (χ1v) is 8.97. The molecule has 0 unspecified atom stereocenters. The molecule has 4 rings (SSSR count). The first-order chi connectivity index (χ1) is 13.2. The van der Waals surface area contributed by atoms with Gasteiger partial charge in [-0.3, -0.25) is 0 Å². The number of fused-ring (bicyclic) bond motifs is 2. The van der Waals surface area contributed by atoms with Gasteiger partial charge in [0.2, 0.25) is 0 Å². The molecule has 3 nitrogen and oxygen atoms in total. The van der Waals surface area contributed by atoms with E-state index in [1.807, 2.05) is 32.4 Å². The summed E-state index contributed by atoms with van der Waals surface area (Å²) in [5.74, 6) is 0. The van der Waals surface area contributed by atoms with Crippen LogP contribution in [0.15, 0.2) is 89.1 Å². The van der Waals surface area contributed by atoms with E-state index >= 15 is 0 Å². The van der Waals surface area contributed by atoms with E-state index in [1.165, 1.54) is 21.5 Å². The molecule has 0 saturated carbocycles. The van der Waals surface area contributed by atoms with E-state index in [0.717, 1.165) is 16.8 Å². The summed E-state index contributed by atoms with van der Waals surface area (Å²) in [6.07, 6.45) is 3.64. The van der Waals surface area contributed by atoms with Crippen LogP contribution in [0.3, 0.4) is 0 Å². The lowest BCUT2D eigenvalue weighted by Crippen LogP contribution is -2.08. The average molecular weight is 351 g/mol. The summed E-state index contributed by atoms with van der Waals surface area (Å²) in [5, 5.41) is 13.4. The Hall–Kier alpha value is -3.46. The molecule has 0 bridgehead atoms. The Bertz CT molecular complexity index is 1090. The number of benzene rings is 4. The Morgan fingerprint density at radius 1 is 0.667 bits per heavy atom. The maximum Gasteiger partial charge on any atom is 0.0580 e. The zero-order valence-electron chi connectivity index (χ0n) is 15.5. The summed E-state index contributed by atoms with van der Waals surface area (Å²) in [4.78, 5) is 2.07. The van der Waals surface area contributed by atoms with Crippen molar-refractivity contribution < 1.29 is 0 Å². The fraction of sp³-hybridized carbons (Fsp3) is 0.0833. The van der Waals surface area contributed by atoms with E-state index in [9.17, 15) is 0 Å². The van der Waals surface area contributed by atoms with Gasteiger partial charge in [-0.2, -0.15) is 10.2 Å². The maximum absolute atomic E-state index is 4.33. The third-order valence-electron chi connectivity index (χ3n) is 4.68. The fourth-order valence-electron chi connectivity index (χ4n) is 3.24. The predicted octanol–water partition coefficient (Wildman–Crippen LogP) is 5.51. The highest BCUT2D eigenvalue weighted by Gasteiger charge is 2.05. The van der Waals surface area contributed by atoms with E-state index in [2.05, 4.69) is 81.8 Å². The Labute approximate surface area is 159 Å². The van der Waals surface area contributed by atoms with Gasteiger partial charge in [0.05, 0.1) is 12.4 Å². The molecule has 132 valence electrons. The van der Waals surface area contributed by atoms with Gasteiger partial charge in [-0.15, -0.1) is 0 Å². The van der Waals surface area contributed by atoms with Crippen LogP contribution < -0.4 is 4.90 Å². The molecule has 0 aliphatic heterocycles. The second kappa shape index (κ2) is 7.42. The van der Waals surface area contributed by atoms with E-state index in [1.54, 1.807) is 6.21 Å². The highest BCUT2D eigenvalue weighted by atomic mass is 15.2. The van der Waals surface area contributed by atoms with Crippen LogP contribution in [0.2, 0.25) is 0 Å². The van der Waals surface area contributed by atoms with E-state index in [-0.39, 0.29) is 0 Å². The second-order valence-electron chi connectivity index (χ2n) is 6.71. The molecule has 3 heteroatoms. The lowest BCUT2D eigenvalue weighted by atomic mass is 9.97. The third kappa shape index (κ3) is 3.58. The molecule has 0 atom stereocenters. The Kier molecular flexibility index (Phi) is 4.67. The molecule has 0 aromatic heterocycles. The van der Waals surface area contributed by atoms with E-state index < -0.39 is 0 Å². The number of anilines is 1. The number of hydrogen-bond acceptors (Lipinski definition) is 3. The van der Waals surface area contributed by atoms with Crippen LogP contribution in [0, 0.1) is 0 Å². The van der Waals surface area contributed by atoms with Crippen molar-refractivity contribution in [1.82, 2.24) is 0 Å². The highest BCUT2D eigenvalue weighted by Crippen LogP contribution is 2.27. The van der Waals surface area contributed by atoms with Crippen LogP contribution >= 0.6 is 0 Å². The van der Waals surface area contributed by atoms with Gasteiger partial charge < -0.3 is 4.90 Å². The van der Waals surface area contributed by atoms with E-state index in [4.69, 9.17) is 0 Å². The Morgan fingerprint density at radius 2 is 1.22 bits per heavy atom. The van der Waals surface area contributed by atoms with Crippen molar-refractivity contribution in [2.24, 2.45) is 10.2 Å². The molecule has 0 heterocycles. The van der Waals surface area contributed by atoms with Crippen molar-refractivity contribution in [2.75, 3.05) is 19.0 Å². The van der Waals surface area contributed by atoms with Crippen LogP contribution in [0.4, 0.5) is 5.69 Å². The molecule has 0 radical (unpaired) electrons. The van der Waals surface area contributed by atoms with Gasteiger partial charge in [-0.05, 0) is 45.3 Å². The normalized spacial score (nSPS) is 11.8. The van der Waals surface area contributed by atoms with Gasteiger partial charge in [0, 0.05) is 25.3 Å². The van der Waals surface area contributed by atoms with Crippen LogP contribution in [0.1, 0.15) is 11.1 Å². The van der Waals surface area contributed by atoms with Crippen molar-refractivity contribution in [3.8, 4) is 0 Å². The minimum atomic E-state index is 1.03. The molecule has 0 N–H and O–H groups in total. The monoisotopic (exact) mass is 351 g/mol. The number of rotatable bonds is 4. The lowest BCUT2D eigenvalue weighted by Gasteiger charge is -2.11. The standard InChI is InChI=1S/C24H21N3/c1-27(2)21-13-11-18(12-14-21)16-25-26-17-24-22-9-5-3-7-19(22)15-20-8-4-6-10-23(20)24/h3-17H,1-2H3/b25-16+,26-17+. The summed E-state index contributed by atoms with van der Waals surface area (Å²) in [7, 11) is 4.06. The van der Waals surface area contributed by atoms with Crippen molar-refractivity contribution in [3.63, 3.8) is 0 Å². The molecule has 4 aromatic rings. The Balaban J connectivity index is 1.67. The van der Waals surface area contributed by atoms with Gasteiger partial charge in [0.25, 0.3) is 0 Å². The SMILES string of the molecule is CN(C)c1ccc(/C=N/N=C/c2c3ccccc3cc3ccccc23)cc1. The molecular formula is C24H21N3. The van der Waals surface area contributed by atoms with Crippen LogP contribution in [-0.2, 0) is 0 Å². The minimum Gasteiger partial charge on any atom is -0.378 e. The molecular weight excluding hydrogens is 330 g/mol. The second-order valence-corrected chi connectivity index (χ2v) is 6.71. The van der Waals surface area contributed by atoms with Crippen molar-refractivity contribution in [1.29, 1.82) is 0 Å². The van der Waals surface area contributed by atoms with E-state index in [0.29, 0.717) is 0 Å². The average Bonchev–Trinajstić information content (AvgIpc) is 2.70. The largest absolute Gasteiger partial charge is 0.378 e. The number of hydrogen-bond donors (Lipinski definition) is 0. The zero-order chi connectivity index (χ0) is 18.6. The molecule has 0 fully saturated rings. The van der Waals surface area contributed by atoms with Crippen molar-refractivity contribution in [2.45, 2.75) is 0 Å². The summed E-state index contributed by atoms with van der Waals surface area (Å²) in [5.41, 5.74) is 3.29. The topological polar surface area (TPSA) is 28.0 Å². The molecule has 0 aliphatic rings. The fourth-order valence-corrected chi connectivity index (χ4v) is 3.24.